The summed E-state index contributed by atoms with van der Waals surface area (Å²) in [5, 5.41) is 15.5. The van der Waals surface area contributed by atoms with Gasteiger partial charge in [0.2, 0.25) is 17.8 Å². The van der Waals surface area contributed by atoms with E-state index in [2.05, 4.69) is 20.8 Å². The van der Waals surface area contributed by atoms with Gasteiger partial charge in [-0.05, 0) is 49.2 Å². The fourth-order valence-corrected chi connectivity index (χ4v) is 4.87. The van der Waals surface area contributed by atoms with Crippen LogP contribution < -0.4 is 20.1 Å². The van der Waals surface area contributed by atoms with Gasteiger partial charge >= 0.3 is 6.03 Å². The number of benzene rings is 2. The van der Waals surface area contributed by atoms with Crippen molar-refractivity contribution < 1.29 is 19.1 Å². The number of nitrogens with zero attached hydrogens (tertiary/aromatic N) is 3. The summed E-state index contributed by atoms with van der Waals surface area (Å²) in [6, 6.07) is 9.23. The molecule has 0 saturated carbocycles. The number of urea groups is 1. The minimum Gasteiger partial charge on any atom is -0.454 e. The molecule has 33 heavy (non-hydrogen) atoms. The monoisotopic (exact) mass is 505 g/mol. The highest BCUT2D eigenvalue weighted by Crippen LogP contribution is 2.37. The Kier molecular flexibility index (Phi) is 5.96. The van der Waals surface area contributed by atoms with Crippen molar-refractivity contribution in [1.29, 1.82) is 0 Å². The molecule has 1 atom stereocenters. The van der Waals surface area contributed by atoms with Crippen molar-refractivity contribution in [1.82, 2.24) is 15.1 Å². The summed E-state index contributed by atoms with van der Waals surface area (Å²) in [7, 11) is 0. The van der Waals surface area contributed by atoms with E-state index in [1.807, 2.05) is 12.1 Å². The zero-order valence-corrected chi connectivity index (χ0v) is 19.3. The number of rotatable bonds is 4. The lowest BCUT2D eigenvalue weighted by Gasteiger charge is -2.24. The van der Waals surface area contributed by atoms with Crippen LogP contribution in [-0.4, -0.2) is 46.4 Å². The third-order valence-electron chi connectivity index (χ3n) is 5.26. The van der Waals surface area contributed by atoms with Crippen LogP contribution in [0, 0.1) is 0 Å². The number of nitrogens with one attached hydrogen (secondary N) is 2. The van der Waals surface area contributed by atoms with Crippen LogP contribution in [0.15, 0.2) is 36.4 Å². The van der Waals surface area contributed by atoms with Crippen LogP contribution in [0.25, 0.3) is 10.6 Å². The molecule has 0 radical (unpaired) electrons. The predicted octanol–water partition coefficient (Wildman–Crippen LogP) is 4.88. The molecule has 1 fully saturated rings. The van der Waals surface area contributed by atoms with Crippen LogP contribution in [0.1, 0.15) is 12.8 Å². The molecule has 2 N–H and O–H groups in total. The highest BCUT2D eigenvalue weighted by atomic mass is 35.5. The van der Waals surface area contributed by atoms with Crippen LogP contribution in [0.5, 0.6) is 11.5 Å². The number of hydrogen-bond donors (Lipinski definition) is 2. The fourth-order valence-electron chi connectivity index (χ4n) is 3.67. The van der Waals surface area contributed by atoms with Crippen molar-refractivity contribution in [2.75, 3.05) is 24.0 Å². The van der Waals surface area contributed by atoms with Gasteiger partial charge in [0.25, 0.3) is 0 Å². The molecule has 9 nitrogen and oxygen atoms in total. The Morgan fingerprint density at radius 2 is 1.91 bits per heavy atom. The molecule has 170 valence electrons. The molecule has 2 aromatic carbocycles. The maximum atomic E-state index is 12.9. The second-order valence-electron chi connectivity index (χ2n) is 7.38. The van der Waals surface area contributed by atoms with Crippen molar-refractivity contribution in [3.05, 3.63) is 46.4 Å². The summed E-state index contributed by atoms with van der Waals surface area (Å²) in [6.07, 6.45) is 1.25. The maximum absolute atomic E-state index is 12.9. The van der Waals surface area contributed by atoms with Gasteiger partial charge in [-0.2, -0.15) is 0 Å². The van der Waals surface area contributed by atoms with Crippen molar-refractivity contribution in [3.63, 3.8) is 0 Å². The highest BCUT2D eigenvalue weighted by molar-refractivity contribution is 7.18. The quantitative estimate of drug-likeness (QED) is 0.523. The minimum absolute atomic E-state index is 0.186. The second kappa shape index (κ2) is 9.05. The summed E-state index contributed by atoms with van der Waals surface area (Å²) < 4.78 is 10.7. The lowest BCUT2D eigenvalue weighted by molar-refractivity contribution is -0.119. The molecule has 0 spiro atoms. The largest absolute Gasteiger partial charge is 0.454 e. The van der Waals surface area contributed by atoms with Gasteiger partial charge in [-0.3, -0.25) is 10.1 Å². The van der Waals surface area contributed by atoms with Crippen LogP contribution in [-0.2, 0) is 4.79 Å². The molecule has 1 saturated heterocycles. The lowest BCUT2D eigenvalue weighted by Crippen LogP contribution is -2.45. The number of ether oxygens (including phenoxy) is 2. The first-order chi connectivity index (χ1) is 16.0. The van der Waals surface area contributed by atoms with E-state index in [9.17, 15) is 9.59 Å². The number of fused-ring (bicyclic) bond motifs is 1. The average molecular weight is 506 g/mol. The van der Waals surface area contributed by atoms with E-state index >= 15 is 0 Å². The van der Waals surface area contributed by atoms with E-state index in [1.54, 1.807) is 24.3 Å². The van der Waals surface area contributed by atoms with Gasteiger partial charge in [0.05, 0.1) is 10.7 Å². The molecular weight excluding hydrogens is 489 g/mol. The molecule has 0 bridgehead atoms. The van der Waals surface area contributed by atoms with Crippen LogP contribution in [0.4, 0.5) is 15.6 Å². The molecule has 1 aromatic heterocycles. The first-order valence-electron chi connectivity index (χ1n) is 10.0. The van der Waals surface area contributed by atoms with Crippen LogP contribution in [0.3, 0.4) is 0 Å². The van der Waals surface area contributed by atoms with Gasteiger partial charge in [-0.25, -0.2) is 4.79 Å². The normalized spacial score (nSPS) is 16.7. The lowest BCUT2D eigenvalue weighted by atomic mass is 10.2. The Hall–Kier alpha value is -3.08. The number of amides is 3. The summed E-state index contributed by atoms with van der Waals surface area (Å²) in [5.41, 5.74) is 1.23. The fraction of sp³-hybridized carbons (Fsp3) is 0.238. The third-order valence-corrected chi connectivity index (χ3v) is 6.70. The SMILES string of the molecule is O=C(Nc1nnc(-c2ccc3c(c2)OCO3)s1)[C@@H]1CCCN1C(=O)Nc1ccc(Cl)cc1Cl. The standard InChI is InChI=1S/C21H17Cl2N5O4S/c22-12-4-5-14(13(23)9-12)24-21(30)28-7-1-2-15(28)18(29)25-20-27-26-19(33-20)11-3-6-16-17(8-11)32-10-31-16/h3-6,8-9,15H,1-2,7,10H2,(H,24,30)(H,25,27,29)/t15-/m0/s1. The van der Waals surface area contributed by atoms with E-state index < -0.39 is 12.1 Å². The molecular formula is C21H17Cl2N5O4S. The molecule has 5 rings (SSSR count). The number of likely N-dealkylation sites (tertiary alicyclic amines) is 1. The van der Waals surface area contributed by atoms with Crippen molar-refractivity contribution in [2.24, 2.45) is 0 Å². The van der Waals surface area contributed by atoms with Crippen molar-refractivity contribution in [3.8, 4) is 22.1 Å². The molecule has 12 heteroatoms. The van der Waals surface area contributed by atoms with E-state index in [0.717, 1.165) is 5.56 Å². The highest BCUT2D eigenvalue weighted by Gasteiger charge is 2.35. The zero-order chi connectivity index (χ0) is 22.9. The first-order valence-corrected chi connectivity index (χ1v) is 11.6. The number of anilines is 2. The molecule has 2 aliphatic heterocycles. The predicted molar refractivity (Wildman–Crippen MR) is 125 cm³/mol. The summed E-state index contributed by atoms with van der Waals surface area (Å²) in [4.78, 5) is 27.2. The molecule has 0 unspecified atom stereocenters. The number of halogens is 2. The Labute approximate surface area is 202 Å². The van der Waals surface area contributed by atoms with E-state index in [0.29, 0.717) is 56.8 Å². The van der Waals surface area contributed by atoms with Gasteiger partial charge in [0.1, 0.15) is 11.0 Å². The summed E-state index contributed by atoms with van der Waals surface area (Å²) in [6.45, 7) is 0.638. The van der Waals surface area contributed by atoms with Crippen molar-refractivity contribution in [2.45, 2.75) is 18.9 Å². The van der Waals surface area contributed by atoms with Gasteiger partial charge < -0.3 is 19.7 Å². The van der Waals surface area contributed by atoms with Crippen LogP contribution >= 0.6 is 34.5 Å². The van der Waals surface area contributed by atoms with Crippen LogP contribution in [0.2, 0.25) is 10.0 Å². The molecule has 3 aromatic rings. The van der Waals surface area contributed by atoms with E-state index in [-0.39, 0.29) is 12.7 Å². The molecule has 3 amide bonds. The number of carbonyl (C=O) groups excluding carboxylic acids is 2. The molecule has 2 aliphatic rings. The minimum atomic E-state index is -0.631. The smallest absolute Gasteiger partial charge is 0.322 e. The number of carbonyl (C=O) groups is 2. The third kappa shape index (κ3) is 4.54. The van der Waals surface area contributed by atoms with Gasteiger partial charge in [-0.15, -0.1) is 10.2 Å². The average Bonchev–Trinajstić information content (AvgIpc) is 3.55. The number of aromatic nitrogens is 2. The van der Waals surface area contributed by atoms with E-state index in [1.165, 1.54) is 16.2 Å². The topological polar surface area (TPSA) is 106 Å². The van der Waals surface area contributed by atoms with Crippen molar-refractivity contribution >= 4 is 57.3 Å². The Bertz CT molecular complexity index is 1240. The number of hydrogen-bond acceptors (Lipinski definition) is 7. The zero-order valence-electron chi connectivity index (χ0n) is 17.0. The second-order valence-corrected chi connectivity index (χ2v) is 9.20. The molecule has 3 heterocycles. The Morgan fingerprint density at radius 1 is 1.06 bits per heavy atom. The first kappa shape index (κ1) is 21.7. The summed E-state index contributed by atoms with van der Waals surface area (Å²) >= 11 is 13.3. The molecule has 0 aliphatic carbocycles. The van der Waals surface area contributed by atoms with Gasteiger partial charge in [0.15, 0.2) is 11.5 Å². The van der Waals surface area contributed by atoms with Gasteiger partial charge in [0, 0.05) is 17.1 Å². The Morgan fingerprint density at radius 3 is 2.76 bits per heavy atom. The summed E-state index contributed by atoms with van der Waals surface area (Å²) in [5.74, 6) is 0.996. The Balaban J connectivity index is 1.25. The maximum Gasteiger partial charge on any atom is 0.322 e. The van der Waals surface area contributed by atoms with E-state index in [4.69, 9.17) is 32.7 Å². The van der Waals surface area contributed by atoms with Gasteiger partial charge in [-0.1, -0.05) is 34.5 Å².